The zero-order valence-electron chi connectivity index (χ0n) is 29.4. The summed E-state index contributed by atoms with van der Waals surface area (Å²) < 4.78 is 9.00. The number of hydrogen-bond acceptors (Lipinski definition) is 4. The molecule has 8 rings (SSSR count). The molecule has 6 aromatic rings. The standard InChI is InChI=1S/C44H43N4O.Pt/c1-43(2,3)32-20-23-45-41(26-32)48-39-17-10-9-16-37(39)42-38(31-18-21-44(4,5)22-19-31)28-36(29-40(42)48)49-35-15-11-14-34(27-35)47-25-24-46(30-47)33-12-7-6-8-13-33;/h6-17,20,23-26,28,30-31H,18-19,21-22H2,1-5H3;/q-3;. The predicted molar refractivity (Wildman–Crippen MR) is 201 cm³/mol. The number of ether oxygens (including phenoxy) is 1. The van der Waals surface area contributed by atoms with Crippen molar-refractivity contribution >= 4 is 33.2 Å². The number of pyridine rings is 1. The van der Waals surface area contributed by atoms with Gasteiger partial charge in [0, 0.05) is 50.0 Å². The summed E-state index contributed by atoms with van der Waals surface area (Å²) in [5, 5.41) is 2.49. The van der Waals surface area contributed by atoms with E-state index in [1.54, 1.807) is 0 Å². The number of nitrogens with zero attached hydrogens (tertiary/aromatic N) is 4. The molecule has 0 saturated heterocycles. The van der Waals surface area contributed by atoms with E-state index in [4.69, 9.17) is 9.72 Å². The van der Waals surface area contributed by atoms with E-state index in [-0.39, 0.29) is 26.5 Å². The van der Waals surface area contributed by atoms with E-state index >= 15 is 0 Å². The molecule has 4 aromatic carbocycles. The zero-order chi connectivity index (χ0) is 33.8. The number of hydrogen-bond donors (Lipinski definition) is 0. The zero-order valence-corrected chi connectivity index (χ0v) is 31.7. The number of para-hydroxylation sites is 2. The maximum absolute atomic E-state index is 6.71. The first-order valence-corrected chi connectivity index (χ1v) is 17.4. The van der Waals surface area contributed by atoms with Crippen LogP contribution in [0.3, 0.4) is 0 Å². The largest absolute Gasteiger partial charge is 0.509 e. The number of anilines is 2. The maximum atomic E-state index is 6.71. The normalized spacial score (nSPS) is 16.3. The Morgan fingerprint density at radius 3 is 2.34 bits per heavy atom. The van der Waals surface area contributed by atoms with Crippen molar-refractivity contribution < 1.29 is 25.8 Å². The summed E-state index contributed by atoms with van der Waals surface area (Å²) in [5.74, 6) is 2.68. The van der Waals surface area contributed by atoms with Crippen LogP contribution >= 0.6 is 0 Å². The van der Waals surface area contributed by atoms with Gasteiger partial charge in [0.05, 0.1) is 0 Å². The summed E-state index contributed by atoms with van der Waals surface area (Å²) in [6.45, 7) is 13.6. The van der Waals surface area contributed by atoms with Gasteiger partial charge >= 0.3 is 0 Å². The summed E-state index contributed by atoms with van der Waals surface area (Å²) in [6, 6.07) is 39.0. The molecule has 0 radical (unpaired) electrons. The molecule has 3 heterocycles. The third kappa shape index (κ3) is 6.61. The van der Waals surface area contributed by atoms with Gasteiger partial charge in [-0.25, -0.2) is 4.98 Å². The topological polar surface area (TPSA) is 33.5 Å². The van der Waals surface area contributed by atoms with Crippen molar-refractivity contribution in [2.75, 3.05) is 9.80 Å². The fourth-order valence-corrected chi connectivity index (χ4v) is 7.36. The second-order valence-electron chi connectivity index (χ2n) is 15.3. The molecule has 5 nitrogen and oxygen atoms in total. The molecule has 6 heteroatoms. The van der Waals surface area contributed by atoms with Crippen LogP contribution in [-0.2, 0) is 26.5 Å². The minimum atomic E-state index is -0.00453. The van der Waals surface area contributed by atoms with Crippen LogP contribution in [0, 0.1) is 24.2 Å². The fraction of sp³-hybridized carbons (Fsp3) is 0.273. The molecule has 0 N–H and O–H groups in total. The van der Waals surface area contributed by atoms with Crippen LogP contribution < -0.4 is 14.5 Å². The molecule has 1 aliphatic heterocycles. The summed E-state index contributed by atoms with van der Waals surface area (Å²) in [7, 11) is 0. The van der Waals surface area contributed by atoms with E-state index in [0.717, 1.165) is 41.1 Å². The SMILES string of the molecule is CC1(C)CCC(c2cc(Oc3[c-]c(N4C=CN(c5ccccc5)[CH-]4)ccc3)[c-]c3c2c2ccccc2n3-c2cc(C(C)(C)C)ccn2)CC1.[Pt]. The average Bonchev–Trinajstić information content (AvgIpc) is 3.72. The van der Waals surface area contributed by atoms with Crippen LogP contribution in [0.2, 0.25) is 0 Å². The number of fused-ring (bicyclic) bond motifs is 3. The van der Waals surface area contributed by atoms with Gasteiger partial charge in [0.2, 0.25) is 0 Å². The van der Waals surface area contributed by atoms with E-state index in [1.807, 2.05) is 42.7 Å². The van der Waals surface area contributed by atoms with Gasteiger partial charge in [0.15, 0.2) is 0 Å². The van der Waals surface area contributed by atoms with E-state index < -0.39 is 0 Å². The molecular weight excluding hydrogens is 796 g/mol. The van der Waals surface area contributed by atoms with Crippen molar-refractivity contribution in [3.63, 3.8) is 0 Å². The quantitative estimate of drug-likeness (QED) is 0.157. The third-order valence-electron chi connectivity index (χ3n) is 10.3. The Hall–Kier alpha value is -4.34. The average molecular weight is 839 g/mol. The second-order valence-corrected chi connectivity index (χ2v) is 15.3. The molecule has 1 saturated carbocycles. The van der Waals surface area contributed by atoms with Crippen LogP contribution in [0.5, 0.6) is 11.5 Å². The van der Waals surface area contributed by atoms with Crippen LogP contribution in [0.4, 0.5) is 11.4 Å². The Bertz CT molecular complexity index is 2170. The van der Waals surface area contributed by atoms with Gasteiger partial charge in [-0.15, -0.1) is 48.3 Å². The number of benzene rings is 4. The predicted octanol–water partition coefficient (Wildman–Crippen LogP) is 11.5. The van der Waals surface area contributed by atoms with Crippen molar-refractivity contribution in [2.45, 2.75) is 71.6 Å². The Morgan fingerprint density at radius 2 is 1.56 bits per heavy atom. The van der Waals surface area contributed by atoms with E-state index in [9.17, 15) is 0 Å². The molecule has 0 spiro atoms. The Labute approximate surface area is 310 Å². The monoisotopic (exact) mass is 838 g/mol. The molecule has 0 bridgehead atoms. The van der Waals surface area contributed by atoms with E-state index in [2.05, 4.69) is 135 Å². The molecule has 0 amide bonds. The summed E-state index contributed by atoms with van der Waals surface area (Å²) in [6.07, 6.45) is 10.7. The number of rotatable bonds is 6. The molecule has 258 valence electrons. The Kier molecular flexibility index (Phi) is 9.15. The third-order valence-corrected chi connectivity index (χ3v) is 10.3. The smallest absolute Gasteiger partial charge is 0.135 e. The van der Waals surface area contributed by atoms with Gasteiger partial charge in [-0.1, -0.05) is 81.9 Å². The van der Waals surface area contributed by atoms with Crippen LogP contribution in [0.1, 0.15) is 77.3 Å². The first-order chi connectivity index (χ1) is 23.6. The van der Waals surface area contributed by atoms with Gasteiger partial charge in [0.25, 0.3) is 0 Å². The molecule has 1 fully saturated rings. The van der Waals surface area contributed by atoms with E-state index in [1.165, 1.54) is 34.7 Å². The summed E-state index contributed by atoms with van der Waals surface area (Å²) >= 11 is 0. The maximum Gasteiger partial charge on any atom is 0.135 e. The minimum absolute atomic E-state index is 0. The van der Waals surface area contributed by atoms with Gasteiger partial charge < -0.3 is 19.1 Å². The van der Waals surface area contributed by atoms with Crippen molar-refractivity contribution in [1.82, 2.24) is 9.55 Å². The van der Waals surface area contributed by atoms with Crippen molar-refractivity contribution in [1.29, 1.82) is 0 Å². The first kappa shape index (κ1) is 34.1. The molecule has 2 aliphatic rings. The van der Waals surface area contributed by atoms with Crippen LogP contribution in [0.25, 0.3) is 27.6 Å². The first-order valence-electron chi connectivity index (χ1n) is 17.4. The van der Waals surface area contributed by atoms with Gasteiger partial charge in [-0.05, 0) is 96.1 Å². The Morgan fingerprint density at radius 1 is 0.820 bits per heavy atom. The number of aromatic nitrogens is 2. The summed E-state index contributed by atoms with van der Waals surface area (Å²) in [5.41, 5.74) is 7.09. The van der Waals surface area contributed by atoms with Crippen LogP contribution in [0.15, 0.2) is 110 Å². The van der Waals surface area contributed by atoms with Crippen molar-refractivity contribution in [3.05, 3.63) is 140 Å². The Balaban J connectivity index is 0.00000392. The van der Waals surface area contributed by atoms with Crippen molar-refractivity contribution in [2.24, 2.45) is 5.41 Å². The van der Waals surface area contributed by atoms with Crippen molar-refractivity contribution in [3.8, 4) is 17.3 Å². The second kappa shape index (κ2) is 13.4. The molecule has 2 aromatic heterocycles. The van der Waals surface area contributed by atoms with Gasteiger partial charge in [0.1, 0.15) is 5.82 Å². The molecule has 50 heavy (non-hydrogen) atoms. The fourth-order valence-electron chi connectivity index (χ4n) is 7.36. The van der Waals surface area contributed by atoms with Crippen LogP contribution in [-0.4, -0.2) is 9.55 Å². The molecule has 0 atom stereocenters. The van der Waals surface area contributed by atoms with E-state index in [0.29, 0.717) is 22.8 Å². The molecule has 1 aliphatic carbocycles. The van der Waals surface area contributed by atoms with Gasteiger partial charge in [-0.3, -0.25) is 0 Å². The molecule has 0 unspecified atom stereocenters. The minimum Gasteiger partial charge on any atom is -0.509 e. The summed E-state index contributed by atoms with van der Waals surface area (Å²) in [4.78, 5) is 9.09. The molecular formula is C44H43N4OPt-3. The van der Waals surface area contributed by atoms with Gasteiger partial charge in [-0.2, -0.15) is 6.07 Å².